The zero-order valence-electron chi connectivity index (χ0n) is 8.02. The van der Waals surface area contributed by atoms with Crippen LogP contribution in [-0.2, 0) is 19.4 Å². The Hall–Kier alpha value is -0.930. The fourth-order valence-corrected chi connectivity index (χ4v) is 2.03. The van der Waals surface area contributed by atoms with Gasteiger partial charge < -0.3 is 5.21 Å². The summed E-state index contributed by atoms with van der Waals surface area (Å²) in [7, 11) is 0. The molecular weight excluding hydrogens is 181 g/mol. The summed E-state index contributed by atoms with van der Waals surface area (Å²) in [5, 5.41) is 8.53. The van der Waals surface area contributed by atoms with E-state index in [-0.39, 0.29) is 12.4 Å². The molecule has 1 aliphatic carbocycles. The molecule has 2 rings (SSSR count). The van der Waals surface area contributed by atoms with Crippen LogP contribution in [0.1, 0.15) is 29.5 Å². The predicted octanol–water partition coefficient (Wildman–Crippen LogP) is 2.18. The maximum atomic E-state index is 13.4. The SMILES string of the molecule is ONCc1cc2c(cc1F)CCCC2. The van der Waals surface area contributed by atoms with Crippen LogP contribution in [0.3, 0.4) is 0 Å². The van der Waals surface area contributed by atoms with Crippen molar-refractivity contribution < 1.29 is 9.60 Å². The lowest BCUT2D eigenvalue weighted by Crippen LogP contribution is -2.11. The number of aryl methyl sites for hydroxylation is 2. The molecule has 3 heteroatoms. The van der Waals surface area contributed by atoms with Gasteiger partial charge in [0.15, 0.2) is 0 Å². The van der Waals surface area contributed by atoms with Gasteiger partial charge in [0.05, 0.1) is 0 Å². The minimum absolute atomic E-state index is 0.180. The van der Waals surface area contributed by atoms with E-state index in [1.54, 1.807) is 6.07 Å². The molecule has 2 nitrogen and oxygen atoms in total. The molecule has 0 radical (unpaired) electrons. The quantitative estimate of drug-likeness (QED) is 0.709. The number of benzene rings is 1. The van der Waals surface area contributed by atoms with Gasteiger partial charge in [-0.2, -0.15) is 0 Å². The van der Waals surface area contributed by atoms with Crippen molar-refractivity contribution in [3.05, 3.63) is 34.6 Å². The van der Waals surface area contributed by atoms with Gasteiger partial charge in [-0.15, -0.1) is 0 Å². The van der Waals surface area contributed by atoms with Crippen LogP contribution >= 0.6 is 0 Å². The van der Waals surface area contributed by atoms with Crippen molar-refractivity contribution in [2.45, 2.75) is 32.2 Å². The van der Waals surface area contributed by atoms with Crippen LogP contribution in [0.15, 0.2) is 12.1 Å². The summed E-state index contributed by atoms with van der Waals surface area (Å²) in [4.78, 5) is 0. The van der Waals surface area contributed by atoms with Crippen molar-refractivity contribution in [2.24, 2.45) is 0 Å². The zero-order chi connectivity index (χ0) is 9.97. The Morgan fingerprint density at radius 2 is 1.86 bits per heavy atom. The van der Waals surface area contributed by atoms with Gasteiger partial charge in [-0.1, -0.05) is 6.07 Å². The summed E-state index contributed by atoms with van der Waals surface area (Å²) in [6.45, 7) is 0.180. The number of rotatable bonds is 2. The zero-order valence-corrected chi connectivity index (χ0v) is 8.02. The Kier molecular flexibility index (Phi) is 2.79. The Morgan fingerprint density at radius 3 is 2.50 bits per heavy atom. The van der Waals surface area contributed by atoms with Gasteiger partial charge in [0.25, 0.3) is 0 Å². The number of fused-ring (bicyclic) bond motifs is 1. The molecule has 0 atom stereocenters. The fraction of sp³-hybridized carbons (Fsp3) is 0.455. The Bertz CT molecular complexity index is 338. The van der Waals surface area contributed by atoms with Gasteiger partial charge in [0.1, 0.15) is 5.82 Å². The summed E-state index contributed by atoms with van der Waals surface area (Å²) in [6, 6.07) is 3.48. The van der Waals surface area contributed by atoms with E-state index in [4.69, 9.17) is 5.21 Å². The molecule has 2 N–H and O–H groups in total. The van der Waals surface area contributed by atoms with Crippen molar-refractivity contribution in [3.8, 4) is 0 Å². The van der Waals surface area contributed by atoms with Crippen molar-refractivity contribution >= 4 is 0 Å². The van der Waals surface area contributed by atoms with E-state index in [1.165, 1.54) is 12.0 Å². The van der Waals surface area contributed by atoms with E-state index < -0.39 is 0 Å². The normalized spacial score (nSPS) is 15.3. The number of halogens is 1. The largest absolute Gasteiger partial charge is 0.316 e. The molecule has 0 bridgehead atoms. The second kappa shape index (κ2) is 4.07. The van der Waals surface area contributed by atoms with Crippen molar-refractivity contribution in [3.63, 3.8) is 0 Å². The van der Waals surface area contributed by atoms with Gasteiger partial charge in [-0.05, 0) is 42.9 Å². The molecule has 1 aromatic carbocycles. The average Bonchev–Trinajstić information content (AvgIpc) is 2.19. The standard InChI is InChI=1S/C11H14FNO/c12-11-6-9-4-2-1-3-8(9)5-10(11)7-13-14/h5-6,13-14H,1-4,7H2. The fourth-order valence-electron chi connectivity index (χ4n) is 2.03. The topological polar surface area (TPSA) is 32.3 Å². The van der Waals surface area contributed by atoms with Crippen molar-refractivity contribution in [1.29, 1.82) is 0 Å². The van der Waals surface area contributed by atoms with Gasteiger partial charge in [0, 0.05) is 12.1 Å². The van der Waals surface area contributed by atoms with Gasteiger partial charge in [-0.25, -0.2) is 9.87 Å². The first-order valence-corrected chi connectivity index (χ1v) is 4.98. The van der Waals surface area contributed by atoms with Gasteiger partial charge >= 0.3 is 0 Å². The minimum atomic E-state index is -0.216. The summed E-state index contributed by atoms with van der Waals surface area (Å²) in [6.07, 6.45) is 4.36. The third-order valence-corrected chi connectivity index (χ3v) is 2.78. The van der Waals surface area contributed by atoms with E-state index in [1.807, 2.05) is 11.5 Å². The van der Waals surface area contributed by atoms with Crippen LogP contribution < -0.4 is 5.48 Å². The van der Waals surface area contributed by atoms with E-state index in [2.05, 4.69) is 0 Å². The van der Waals surface area contributed by atoms with Crippen LogP contribution in [-0.4, -0.2) is 5.21 Å². The average molecular weight is 195 g/mol. The molecule has 0 amide bonds. The summed E-state index contributed by atoms with van der Waals surface area (Å²) in [5.74, 6) is -0.216. The molecule has 0 saturated heterocycles. The highest BCUT2D eigenvalue weighted by atomic mass is 19.1. The molecule has 14 heavy (non-hydrogen) atoms. The highest BCUT2D eigenvalue weighted by Gasteiger charge is 2.12. The number of hydrogen-bond acceptors (Lipinski definition) is 2. The molecule has 0 unspecified atom stereocenters. The second-order valence-electron chi connectivity index (χ2n) is 3.75. The smallest absolute Gasteiger partial charge is 0.128 e. The van der Waals surface area contributed by atoms with Crippen molar-refractivity contribution in [1.82, 2.24) is 5.48 Å². The lowest BCUT2D eigenvalue weighted by Gasteiger charge is -2.17. The Balaban J connectivity index is 2.35. The number of hydrogen-bond donors (Lipinski definition) is 2. The third kappa shape index (κ3) is 1.79. The van der Waals surface area contributed by atoms with E-state index in [0.29, 0.717) is 5.56 Å². The molecule has 0 spiro atoms. The monoisotopic (exact) mass is 195 g/mol. The van der Waals surface area contributed by atoms with E-state index in [0.717, 1.165) is 24.8 Å². The van der Waals surface area contributed by atoms with Crippen LogP contribution in [0.25, 0.3) is 0 Å². The Morgan fingerprint density at radius 1 is 1.21 bits per heavy atom. The lowest BCUT2D eigenvalue weighted by molar-refractivity contribution is 0.160. The minimum Gasteiger partial charge on any atom is -0.316 e. The van der Waals surface area contributed by atoms with Crippen LogP contribution in [0, 0.1) is 5.82 Å². The second-order valence-corrected chi connectivity index (χ2v) is 3.75. The molecule has 0 aromatic heterocycles. The molecular formula is C11H14FNO. The first-order chi connectivity index (χ1) is 6.81. The summed E-state index contributed by atoms with van der Waals surface area (Å²) in [5.41, 5.74) is 4.91. The Labute approximate surface area is 82.7 Å². The molecule has 0 saturated carbocycles. The van der Waals surface area contributed by atoms with E-state index >= 15 is 0 Å². The molecule has 1 aromatic rings. The third-order valence-electron chi connectivity index (χ3n) is 2.78. The summed E-state index contributed by atoms with van der Waals surface area (Å²) < 4.78 is 13.4. The highest BCUT2D eigenvalue weighted by molar-refractivity contribution is 5.34. The van der Waals surface area contributed by atoms with Gasteiger partial charge in [0.2, 0.25) is 0 Å². The lowest BCUT2D eigenvalue weighted by atomic mass is 9.90. The van der Waals surface area contributed by atoms with Crippen LogP contribution in [0.2, 0.25) is 0 Å². The number of hydroxylamine groups is 1. The maximum absolute atomic E-state index is 13.4. The molecule has 76 valence electrons. The van der Waals surface area contributed by atoms with E-state index in [9.17, 15) is 4.39 Å². The van der Waals surface area contributed by atoms with Crippen LogP contribution in [0.5, 0.6) is 0 Å². The molecule has 0 aliphatic heterocycles. The summed E-state index contributed by atoms with van der Waals surface area (Å²) >= 11 is 0. The molecule has 0 heterocycles. The predicted molar refractivity (Wildman–Crippen MR) is 51.7 cm³/mol. The van der Waals surface area contributed by atoms with Gasteiger partial charge in [-0.3, -0.25) is 0 Å². The molecule has 0 fully saturated rings. The van der Waals surface area contributed by atoms with Crippen molar-refractivity contribution in [2.75, 3.05) is 0 Å². The number of nitrogens with one attached hydrogen (secondary N) is 1. The highest BCUT2D eigenvalue weighted by Crippen LogP contribution is 2.24. The van der Waals surface area contributed by atoms with Crippen LogP contribution in [0.4, 0.5) is 4.39 Å². The molecule has 1 aliphatic rings. The maximum Gasteiger partial charge on any atom is 0.128 e. The first-order valence-electron chi connectivity index (χ1n) is 4.98. The first kappa shape index (κ1) is 9.62.